The minimum atomic E-state index is -1.12. The van der Waals surface area contributed by atoms with Gasteiger partial charge in [-0.1, -0.05) is 13.8 Å². The number of rotatable bonds is 6. The first kappa shape index (κ1) is 14.9. The van der Waals surface area contributed by atoms with Crippen molar-refractivity contribution in [2.24, 2.45) is 0 Å². The Bertz CT molecular complexity index is 474. The van der Waals surface area contributed by atoms with E-state index in [0.29, 0.717) is 18.1 Å². The lowest BCUT2D eigenvalue weighted by Gasteiger charge is -2.10. The first-order valence-corrected chi connectivity index (χ1v) is 6.00. The Morgan fingerprint density at radius 3 is 2.63 bits per heavy atom. The summed E-state index contributed by atoms with van der Waals surface area (Å²) < 4.78 is 0. The maximum Gasteiger partial charge on any atom is 0.356 e. The van der Waals surface area contributed by atoms with Gasteiger partial charge in [0, 0.05) is 25.9 Å². The molecular formula is C12H18N4O3. The molecule has 0 bridgehead atoms. The second kappa shape index (κ2) is 6.67. The Hall–Kier alpha value is -2.18. The quantitative estimate of drug-likeness (QED) is 0.705. The molecule has 0 aromatic carbocycles. The maximum absolute atomic E-state index is 11.1. The molecule has 7 nitrogen and oxygen atoms in total. The van der Waals surface area contributed by atoms with Crippen LogP contribution in [-0.4, -0.2) is 40.5 Å². The third kappa shape index (κ3) is 4.20. The number of nitrogens with zero attached hydrogens (tertiary/aromatic N) is 2. The molecular weight excluding hydrogens is 248 g/mol. The van der Waals surface area contributed by atoms with Gasteiger partial charge in [0.1, 0.15) is 5.82 Å². The number of carbonyl (C=O) groups is 2. The zero-order valence-electron chi connectivity index (χ0n) is 11.2. The molecule has 0 fully saturated rings. The number of carboxylic acids is 1. The van der Waals surface area contributed by atoms with E-state index >= 15 is 0 Å². The lowest BCUT2D eigenvalue weighted by atomic mass is 10.2. The summed E-state index contributed by atoms with van der Waals surface area (Å²) in [5.41, 5.74) is 0.247. The van der Waals surface area contributed by atoms with Crippen LogP contribution in [0.15, 0.2) is 6.20 Å². The maximum atomic E-state index is 11.1. The summed E-state index contributed by atoms with van der Waals surface area (Å²) in [6, 6.07) is 0. The van der Waals surface area contributed by atoms with Crippen molar-refractivity contribution in [3.63, 3.8) is 0 Å². The normalized spacial score (nSPS) is 10.3. The number of nitrogens with one attached hydrogen (secondary N) is 2. The first-order valence-electron chi connectivity index (χ1n) is 6.00. The topological polar surface area (TPSA) is 104 Å². The Balaban J connectivity index is 2.82. The molecule has 1 amide bonds. The molecule has 7 heteroatoms. The van der Waals surface area contributed by atoms with Gasteiger partial charge in [-0.3, -0.25) is 4.79 Å². The molecule has 1 aromatic rings. The summed E-state index contributed by atoms with van der Waals surface area (Å²) in [6.45, 7) is 4.10. The van der Waals surface area contributed by atoms with E-state index in [1.807, 2.05) is 13.8 Å². The van der Waals surface area contributed by atoms with Gasteiger partial charge in [-0.15, -0.1) is 0 Å². The van der Waals surface area contributed by atoms with E-state index in [1.54, 1.807) is 7.05 Å². The van der Waals surface area contributed by atoms with Crippen LogP contribution < -0.4 is 10.6 Å². The van der Waals surface area contributed by atoms with Crippen LogP contribution in [0.2, 0.25) is 0 Å². The second-order valence-corrected chi connectivity index (χ2v) is 4.30. The predicted octanol–water partition coefficient (Wildman–Crippen LogP) is 0.846. The van der Waals surface area contributed by atoms with Gasteiger partial charge in [-0.25, -0.2) is 14.8 Å². The van der Waals surface area contributed by atoms with Crippen molar-refractivity contribution in [3.8, 4) is 0 Å². The molecule has 19 heavy (non-hydrogen) atoms. The van der Waals surface area contributed by atoms with Crippen LogP contribution in [0, 0.1) is 0 Å². The molecule has 1 heterocycles. The van der Waals surface area contributed by atoms with Crippen LogP contribution in [0.5, 0.6) is 0 Å². The van der Waals surface area contributed by atoms with Gasteiger partial charge in [0.05, 0.1) is 11.9 Å². The van der Waals surface area contributed by atoms with Gasteiger partial charge in [0.2, 0.25) is 5.91 Å². The number of aromatic nitrogens is 2. The van der Waals surface area contributed by atoms with Gasteiger partial charge in [0.15, 0.2) is 5.69 Å². The van der Waals surface area contributed by atoms with Crippen molar-refractivity contribution >= 4 is 17.6 Å². The number of amides is 1. The number of hydrogen-bond acceptors (Lipinski definition) is 5. The summed E-state index contributed by atoms with van der Waals surface area (Å²) in [5.74, 6) is -0.705. The van der Waals surface area contributed by atoms with Crippen LogP contribution in [0.1, 0.15) is 42.5 Å². The monoisotopic (exact) mass is 266 g/mol. The third-order valence-electron chi connectivity index (χ3n) is 2.47. The molecule has 0 radical (unpaired) electrons. The molecule has 0 aliphatic heterocycles. The predicted molar refractivity (Wildman–Crippen MR) is 70.3 cm³/mol. The van der Waals surface area contributed by atoms with Crippen LogP contribution in [0.3, 0.4) is 0 Å². The number of aromatic carboxylic acids is 1. The molecule has 0 aliphatic carbocycles. The van der Waals surface area contributed by atoms with Crippen LogP contribution >= 0.6 is 0 Å². The fraction of sp³-hybridized carbons (Fsp3) is 0.500. The third-order valence-corrected chi connectivity index (χ3v) is 2.47. The van der Waals surface area contributed by atoms with E-state index in [-0.39, 0.29) is 23.9 Å². The number of hydrogen-bond donors (Lipinski definition) is 3. The molecule has 0 atom stereocenters. The minimum Gasteiger partial charge on any atom is -0.476 e. The lowest BCUT2D eigenvalue weighted by Crippen LogP contribution is -2.21. The SMILES string of the molecule is CNC(=O)CCNc1cnc(C(C)C)nc1C(=O)O. The van der Waals surface area contributed by atoms with Gasteiger partial charge < -0.3 is 15.7 Å². The van der Waals surface area contributed by atoms with Gasteiger partial charge in [0.25, 0.3) is 0 Å². The van der Waals surface area contributed by atoms with Crippen molar-refractivity contribution in [1.82, 2.24) is 15.3 Å². The van der Waals surface area contributed by atoms with E-state index in [1.165, 1.54) is 6.20 Å². The average Bonchev–Trinajstić information content (AvgIpc) is 2.38. The van der Waals surface area contributed by atoms with E-state index in [2.05, 4.69) is 20.6 Å². The van der Waals surface area contributed by atoms with Gasteiger partial charge in [-0.05, 0) is 0 Å². The van der Waals surface area contributed by atoms with E-state index in [0.717, 1.165) is 0 Å². The van der Waals surface area contributed by atoms with Crippen LogP contribution in [0.4, 0.5) is 5.69 Å². The fourth-order valence-electron chi connectivity index (χ4n) is 1.40. The van der Waals surface area contributed by atoms with Crippen molar-refractivity contribution in [1.29, 1.82) is 0 Å². The molecule has 0 spiro atoms. The van der Waals surface area contributed by atoms with E-state index in [4.69, 9.17) is 5.11 Å². The molecule has 104 valence electrons. The Morgan fingerprint density at radius 1 is 1.42 bits per heavy atom. The van der Waals surface area contributed by atoms with E-state index < -0.39 is 5.97 Å². The molecule has 0 unspecified atom stereocenters. The number of carboxylic acid groups (broad SMARTS) is 1. The standard InChI is InChI=1S/C12H18N4O3/c1-7(2)11-15-6-8(10(16-11)12(18)19)14-5-4-9(17)13-3/h6-7,14H,4-5H2,1-3H3,(H,13,17)(H,18,19). The largest absolute Gasteiger partial charge is 0.476 e. The summed E-state index contributed by atoms with van der Waals surface area (Å²) in [5, 5.41) is 14.5. The zero-order valence-corrected chi connectivity index (χ0v) is 11.2. The Kier molecular flexibility index (Phi) is 5.23. The smallest absolute Gasteiger partial charge is 0.356 e. The van der Waals surface area contributed by atoms with Gasteiger partial charge in [-0.2, -0.15) is 0 Å². The number of anilines is 1. The van der Waals surface area contributed by atoms with Crippen LogP contribution in [0.25, 0.3) is 0 Å². The van der Waals surface area contributed by atoms with Crippen molar-refractivity contribution in [2.75, 3.05) is 18.9 Å². The highest BCUT2D eigenvalue weighted by Crippen LogP contribution is 2.16. The summed E-state index contributed by atoms with van der Waals surface area (Å²) in [6.07, 6.45) is 1.69. The lowest BCUT2D eigenvalue weighted by molar-refractivity contribution is -0.120. The molecule has 0 saturated heterocycles. The fourth-order valence-corrected chi connectivity index (χ4v) is 1.40. The molecule has 0 saturated carbocycles. The summed E-state index contributed by atoms with van der Waals surface area (Å²) in [7, 11) is 1.55. The Labute approximate surface area is 111 Å². The highest BCUT2D eigenvalue weighted by atomic mass is 16.4. The molecule has 1 rings (SSSR count). The van der Waals surface area contributed by atoms with Crippen molar-refractivity contribution in [2.45, 2.75) is 26.2 Å². The summed E-state index contributed by atoms with van der Waals surface area (Å²) >= 11 is 0. The minimum absolute atomic E-state index is 0.0537. The highest BCUT2D eigenvalue weighted by molar-refractivity contribution is 5.91. The Morgan fingerprint density at radius 2 is 2.11 bits per heavy atom. The van der Waals surface area contributed by atoms with Crippen molar-refractivity contribution in [3.05, 3.63) is 17.7 Å². The van der Waals surface area contributed by atoms with E-state index in [9.17, 15) is 9.59 Å². The molecule has 0 aliphatic rings. The van der Waals surface area contributed by atoms with Crippen LogP contribution in [-0.2, 0) is 4.79 Å². The van der Waals surface area contributed by atoms with Crippen molar-refractivity contribution < 1.29 is 14.7 Å². The zero-order chi connectivity index (χ0) is 14.4. The van der Waals surface area contributed by atoms with Gasteiger partial charge >= 0.3 is 5.97 Å². The second-order valence-electron chi connectivity index (χ2n) is 4.30. The molecule has 3 N–H and O–H groups in total. The average molecular weight is 266 g/mol. The highest BCUT2D eigenvalue weighted by Gasteiger charge is 2.15. The number of carbonyl (C=O) groups excluding carboxylic acids is 1. The molecule has 1 aromatic heterocycles. The summed E-state index contributed by atoms with van der Waals surface area (Å²) in [4.78, 5) is 30.3. The first-order chi connectivity index (χ1) is 8.95.